The molecular formula is C18H19FN2O4. The van der Waals surface area contributed by atoms with Crippen molar-refractivity contribution in [3.63, 3.8) is 0 Å². The summed E-state index contributed by atoms with van der Waals surface area (Å²) in [6, 6.07) is 11.9. The largest absolute Gasteiger partial charge is 0.449 e. The molecule has 0 unspecified atom stereocenters. The van der Waals surface area contributed by atoms with E-state index in [1.54, 1.807) is 24.3 Å². The number of nitrogens with one attached hydrogen (secondary N) is 2. The van der Waals surface area contributed by atoms with Crippen molar-refractivity contribution in [2.45, 2.75) is 13.0 Å². The van der Waals surface area contributed by atoms with Crippen LogP contribution in [-0.2, 0) is 9.53 Å². The van der Waals surface area contributed by atoms with Crippen molar-refractivity contribution >= 4 is 23.3 Å². The van der Waals surface area contributed by atoms with Crippen LogP contribution in [-0.4, -0.2) is 36.2 Å². The van der Waals surface area contributed by atoms with Gasteiger partial charge in [-0.15, -0.1) is 0 Å². The summed E-state index contributed by atoms with van der Waals surface area (Å²) in [4.78, 5) is 24.4. The van der Waals surface area contributed by atoms with Gasteiger partial charge in [0.05, 0.1) is 12.2 Å². The van der Waals surface area contributed by atoms with Crippen LogP contribution in [0.3, 0.4) is 0 Å². The lowest BCUT2D eigenvalue weighted by Gasteiger charge is -2.15. The second-order valence-corrected chi connectivity index (χ2v) is 5.24. The van der Waals surface area contributed by atoms with E-state index in [1.165, 1.54) is 31.2 Å². The zero-order valence-electron chi connectivity index (χ0n) is 13.7. The summed E-state index contributed by atoms with van der Waals surface area (Å²) in [6.45, 7) is 1.64. The van der Waals surface area contributed by atoms with Crippen molar-refractivity contribution in [3.8, 4) is 0 Å². The quantitative estimate of drug-likeness (QED) is 0.670. The van der Waals surface area contributed by atoms with Crippen molar-refractivity contribution in [3.05, 3.63) is 59.9 Å². The number of esters is 1. The smallest absolute Gasteiger partial charge is 0.341 e. The third-order valence-corrected chi connectivity index (χ3v) is 3.34. The van der Waals surface area contributed by atoms with Crippen LogP contribution in [0.4, 0.5) is 15.8 Å². The second kappa shape index (κ2) is 8.79. The van der Waals surface area contributed by atoms with E-state index in [9.17, 15) is 14.0 Å². The van der Waals surface area contributed by atoms with Gasteiger partial charge >= 0.3 is 5.97 Å². The molecule has 7 heteroatoms. The molecule has 0 aromatic heterocycles. The number of carbonyl (C=O) groups excluding carboxylic acids is 2. The molecular weight excluding hydrogens is 327 g/mol. The standard InChI is InChI=1S/C18H19FN2O4/c1-12(17(23)21-14-8-6-13(19)7-9-14)25-18(24)15-4-2-3-5-16(15)20-10-11-22/h2-9,12,20,22H,10-11H2,1H3,(H,21,23)/t12-/m1/s1. The Hall–Kier alpha value is -2.93. The molecule has 0 spiro atoms. The van der Waals surface area contributed by atoms with E-state index in [1.807, 2.05) is 0 Å². The lowest BCUT2D eigenvalue weighted by molar-refractivity contribution is -0.123. The van der Waals surface area contributed by atoms with Gasteiger partial charge in [-0.1, -0.05) is 12.1 Å². The lowest BCUT2D eigenvalue weighted by atomic mass is 10.1. The Balaban J connectivity index is 1.99. The average molecular weight is 346 g/mol. The van der Waals surface area contributed by atoms with Crippen molar-refractivity contribution in [1.82, 2.24) is 0 Å². The number of rotatable bonds is 7. The first-order chi connectivity index (χ1) is 12.0. The average Bonchev–Trinajstić information content (AvgIpc) is 2.62. The van der Waals surface area contributed by atoms with Gasteiger partial charge in [0.15, 0.2) is 6.10 Å². The summed E-state index contributed by atoms with van der Waals surface area (Å²) < 4.78 is 18.1. The number of aliphatic hydroxyl groups excluding tert-OH is 1. The molecule has 0 heterocycles. The first-order valence-corrected chi connectivity index (χ1v) is 7.72. The van der Waals surface area contributed by atoms with Crippen molar-refractivity contribution in [2.75, 3.05) is 23.8 Å². The Morgan fingerprint density at radius 2 is 1.84 bits per heavy atom. The van der Waals surface area contributed by atoms with E-state index in [4.69, 9.17) is 9.84 Å². The van der Waals surface area contributed by atoms with Gasteiger partial charge in [-0.25, -0.2) is 9.18 Å². The first-order valence-electron chi connectivity index (χ1n) is 7.72. The van der Waals surface area contributed by atoms with Gasteiger partial charge in [0.1, 0.15) is 5.82 Å². The molecule has 0 saturated heterocycles. The summed E-state index contributed by atoms with van der Waals surface area (Å²) in [5.74, 6) is -1.60. The molecule has 6 nitrogen and oxygen atoms in total. The third kappa shape index (κ3) is 5.29. The summed E-state index contributed by atoms with van der Waals surface area (Å²) in [5.41, 5.74) is 1.17. The molecule has 0 radical (unpaired) electrons. The summed E-state index contributed by atoms with van der Waals surface area (Å²) in [7, 11) is 0. The van der Waals surface area contributed by atoms with Gasteiger partial charge in [-0.3, -0.25) is 4.79 Å². The fourth-order valence-corrected chi connectivity index (χ4v) is 2.06. The number of benzene rings is 2. The van der Waals surface area contributed by atoms with Crippen LogP contribution in [0.15, 0.2) is 48.5 Å². The summed E-state index contributed by atoms with van der Waals surface area (Å²) in [6.07, 6.45) is -1.04. The topological polar surface area (TPSA) is 87.7 Å². The fourth-order valence-electron chi connectivity index (χ4n) is 2.06. The van der Waals surface area contributed by atoms with Crippen LogP contribution in [0.1, 0.15) is 17.3 Å². The molecule has 2 rings (SSSR count). The minimum absolute atomic E-state index is 0.0835. The molecule has 1 amide bonds. The summed E-state index contributed by atoms with van der Waals surface area (Å²) in [5, 5.41) is 14.3. The molecule has 2 aromatic rings. The van der Waals surface area contributed by atoms with Crippen molar-refractivity contribution in [1.29, 1.82) is 0 Å². The van der Waals surface area contributed by atoms with E-state index >= 15 is 0 Å². The zero-order chi connectivity index (χ0) is 18.2. The number of carbonyl (C=O) groups is 2. The normalized spacial score (nSPS) is 11.5. The Morgan fingerprint density at radius 3 is 2.52 bits per heavy atom. The number of hydrogen-bond donors (Lipinski definition) is 3. The number of para-hydroxylation sites is 1. The van der Waals surface area contributed by atoms with Gasteiger partial charge < -0.3 is 20.5 Å². The molecule has 0 aliphatic carbocycles. The molecule has 0 saturated carbocycles. The Morgan fingerprint density at radius 1 is 1.16 bits per heavy atom. The van der Waals surface area contributed by atoms with Crippen LogP contribution in [0.5, 0.6) is 0 Å². The molecule has 0 fully saturated rings. The Labute approximate surface area is 144 Å². The Kier molecular flexibility index (Phi) is 6.47. The van der Waals surface area contributed by atoms with Crippen LogP contribution >= 0.6 is 0 Å². The van der Waals surface area contributed by atoms with Crippen LogP contribution < -0.4 is 10.6 Å². The van der Waals surface area contributed by atoms with Crippen LogP contribution in [0.25, 0.3) is 0 Å². The minimum atomic E-state index is -1.04. The fraction of sp³-hybridized carbons (Fsp3) is 0.222. The molecule has 25 heavy (non-hydrogen) atoms. The van der Waals surface area contributed by atoms with E-state index in [-0.39, 0.29) is 18.7 Å². The molecule has 3 N–H and O–H groups in total. The van der Waals surface area contributed by atoms with Crippen LogP contribution in [0, 0.1) is 5.82 Å². The lowest BCUT2D eigenvalue weighted by Crippen LogP contribution is -2.30. The van der Waals surface area contributed by atoms with Crippen molar-refractivity contribution < 1.29 is 23.8 Å². The molecule has 0 bridgehead atoms. The minimum Gasteiger partial charge on any atom is -0.449 e. The number of anilines is 2. The van der Waals surface area contributed by atoms with Gasteiger partial charge in [-0.2, -0.15) is 0 Å². The highest BCUT2D eigenvalue weighted by Crippen LogP contribution is 2.17. The first kappa shape index (κ1) is 18.4. The molecule has 2 aromatic carbocycles. The second-order valence-electron chi connectivity index (χ2n) is 5.24. The highest BCUT2D eigenvalue weighted by molar-refractivity contribution is 5.99. The third-order valence-electron chi connectivity index (χ3n) is 3.34. The number of ether oxygens (including phenoxy) is 1. The number of hydrogen-bond acceptors (Lipinski definition) is 5. The Bertz CT molecular complexity index is 734. The molecule has 132 valence electrons. The predicted octanol–water partition coefficient (Wildman–Crippen LogP) is 2.41. The van der Waals surface area contributed by atoms with E-state index in [0.717, 1.165) is 0 Å². The predicted molar refractivity (Wildman–Crippen MR) is 91.9 cm³/mol. The van der Waals surface area contributed by atoms with E-state index in [2.05, 4.69) is 10.6 Å². The maximum absolute atomic E-state index is 12.9. The monoisotopic (exact) mass is 346 g/mol. The van der Waals surface area contributed by atoms with E-state index < -0.39 is 23.8 Å². The van der Waals surface area contributed by atoms with Gasteiger partial charge in [0.25, 0.3) is 5.91 Å². The number of amides is 1. The number of halogens is 1. The van der Waals surface area contributed by atoms with Gasteiger partial charge in [-0.05, 0) is 43.3 Å². The van der Waals surface area contributed by atoms with E-state index in [0.29, 0.717) is 11.4 Å². The van der Waals surface area contributed by atoms with Gasteiger partial charge in [0, 0.05) is 17.9 Å². The zero-order valence-corrected chi connectivity index (χ0v) is 13.7. The van der Waals surface area contributed by atoms with Gasteiger partial charge in [0.2, 0.25) is 0 Å². The highest BCUT2D eigenvalue weighted by Gasteiger charge is 2.20. The molecule has 0 aliphatic heterocycles. The van der Waals surface area contributed by atoms with Crippen molar-refractivity contribution in [2.24, 2.45) is 0 Å². The maximum Gasteiger partial charge on any atom is 0.341 e. The number of aliphatic hydroxyl groups is 1. The maximum atomic E-state index is 12.9. The SMILES string of the molecule is C[C@@H](OC(=O)c1ccccc1NCCO)C(=O)Nc1ccc(F)cc1. The van der Waals surface area contributed by atoms with Crippen LogP contribution in [0.2, 0.25) is 0 Å². The highest BCUT2D eigenvalue weighted by atomic mass is 19.1. The molecule has 0 aliphatic rings. The molecule has 1 atom stereocenters. The summed E-state index contributed by atoms with van der Waals surface area (Å²) >= 11 is 0.